The van der Waals surface area contributed by atoms with Gasteiger partial charge in [-0.05, 0) is 19.8 Å². The fourth-order valence-corrected chi connectivity index (χ4v) is 2.83. The number of aromatic nitrogens is 1. The quantitative estimate of drug-likeness (QED) is 0.247. The molecular formula is C15H29IN4O3S. The van der Waals surface area contributed by atoms with Gasteiger partial charge in [-0.2, -0.15) is 0 Å². The molecule has 0 radical (unpaired) electrons. The molecule has 0 atom stereocenters. The van der Waals surface area contributed by atoms with Crippen LogP contribution in [0.2, 0.25) is 0 Å². The highest BCUT2D eigenvalue weighted by Crippen LogP contribution is 2.16. The van der Waals surface area contributed by atoms with Gasteiger partial charge in [-0.25, -0.2) is 13.4 Å². The normalized spacial score (nSPS) is 11.9. The van der Waals surface area contributed by atoms with Gasteiger partial charge < -0.3 is 15.2 Å². The summed E-state index contributed by atoms with van der Waals surface area (Å²) >= 11 is 0. The Labute approximate surface area is 162 Å². The van der Waals surface area contributed by atoms with Crippen LogP contribution in [0, 0.1) is 0 Å². The first-order valence-corrected chi connectivity index (χ1v) is 10.1. The molecule has 0 aliphatic carbocycles. The molecule has 140 valence electrons. The summed E-state index contributed by atoms with van der Waals surface area (Å²) in [4.78, 5) is 4.55. The number of aryl methyl sites for hydroxylation is 2. The van der Waals surface area contributed by atoms with Crippen LogP contribution in [-0.4, -0.2) is 44.6 Å². The standard InChI is InChI=1S/C15H28N4O3S.HI/c1-5-13-12(14(6-2)22-19-13)11-18-15(16-7-3)17-9-8-10-23(4,20)21;/h5-11H2,1-4H3,(H2,16,17,18);1H. The van der Waals surface area contributed by atoms with Crippen LogP contribution in [-0.2, 0) is 29.2 Å². The lowest BCUT2D eigenvalue weighted by Gasteiger charge is -2.11. The second-order valence-electron chi connectivity index (χ2n) is 5.34. The van der Waals surface area contributed by atoms with Crippen molar-refractivity contribution in [2.24, 2.45) is 4.99 Å². The van der Waals surface area contributed by atoms with Gasteiger partial charge >= 0.3 is 0 Å². The Bertz CT molecular complexity index is 593. The van der Waals surface area contributed by atoms with Crippen molar-refractivity contribution in [1.29, 1.82) is 0 Å². The third-order valence-corrected chi connectivity index (χ3v) is 4.36. The van der Waals surface area contributed by atoms with Gasteiger partial charge in [0.05, 0.1) is 18.0 Å². The van der Waals surface area contributed by atoms with Crippen molar-refractivity contribution in [3.63, 3.8) is 0 Å². The zero-order chi connectivity index (χ0) is 17.3. The van der Waals surface area contributed by atoms with E-state index in [-0.39, 0.29) is 29.7 Å². The molecule has 0 amide bonds. The van der Waals surface area contributed by atoms with E-state index in [1.807, 2.05) is 20.8 Å². The van der Waals surface area contributed by atoms with Gasteiger partial charge in [0.2, 0.25) is 0 Å². The maximum Gasteiger partial charge on any atom is 0.191 e. The molecule has 0 saturated heterocycles. The van der Waals surface area contributed by atoms with E-state index in [0.29, 0.717) is 25.5 Å². The minimum atomic E-state index is -2.92. The molecule has 1 aromatic heterocycles. The summed E-state index contributed by atoms with van der Waals surface area (Å²) in [5.74, 6) is 1.72. The van der Waals surface area contributed by atoms with Crippen molar-refractivity contribution < 1.29 is 12.9 Å². The van der Waals surface area contributed by atoms with Gasteiger partial charge in [0.1, 0.15) is 15.6 Å². The summed E-state index contributed by atoms with van der Waals surface area (Å²) in [5.41, 5.74) is 1.99. The van der Waals surface area contributed by atoms with E-state index in [2.05, 4.69) is 20.8 Å². The first-order chi connectivity index (χ1) is 10.9. The third-order valence-electron chi connectivity index (χ3n) is 3.33. The summed E-state index contributed by atoms with van der Waals surface area (Å²) in [6.07, 6.45) is 3.40. The largest absolute Gasteiger partial charge is 0.361 e. The second-order valence-corrected chi connectivity index (χ2v) is 7.60. The van der Waals surface area contributed by atoms with Crippen molar-refractivity contribution in [2.75, 3.05) is 25.1 Å². The minimum Gasteiger partial charge on any atom is -0.361 e. The van der Waals surface area contributed by atoms with Crippen LogP contribution in [0.1, 0.15) is 44.2 Å². The minimum absolute atomic E-state index is 0. The SMILES string of the molecule is CCNC(=NCc1c(CC)noc1CC)NCCCS(C)(=O)=O.I. The molecule has 1 rings (SSSR count). The Kier molecular flexibility index (Phi) is 11.3. The first kappa shape index (κ1) is 23.2. The number of guanidine groups is 1. The van der Waals surface area contributed by atoms with Crippen LogP contribution in [0.4, 0.5) is 0 Å². The van der Waals surface area contributed by atoms with E-state index in [4.69, 9.17) is 4.52 Å². The van der Waals surface area contributed by atoms with Crippen molar-refractivity contribution in [3.8, 4) is 0 Å². The lowest BCUT2D eigenvalue weighted by atomic mass is 10.1. The first-order valence-electron chi connectivity index (χ1n) is 8.07. The molecule has 1 aromatic rings. The van der Waals surface area contributed by atoms with E-state index in [1.54, 1.807) is 0 Å². The molecule has 0 bridgehead atoms. The number of aliphatic imine (C=N–C) groups is 1. The molecule has 0 aromatic carbocycles. The molecule has 0 aliphatic rings. The zero-order valence-corrected chi connectivity index (χ0v) is 18.0. The van der Waals surface area contributed by atoms with Gasteiger partial charge in [0, 0.05) is 31.3 Å². The van der Waals surface area contributed by atoms with Crippen LogP contribution in [0.25, 0.3) is 0 Å². The Morgan fingerprint density at radius 3 is 2.46 bits per heavy atom. The van der Waals surface area contributed by atoms with Gasteiger partial charge in [-0.1, -0.05) is 19.0 Å². The van der Waals surface area contributed by atoms with E-state index in [0.717, 1.165) is 36.4 Å². The van der Waals surface area contributed by atoms with Crippen LogP contribution in [0.5, 0.6) is 0 Å². The van der Waals surface area contributed by atoms with E-state index in [1.165, 1.54) is 6.26 Å². The molecule has 7 nitrogen and oxygen atoms in total. The lowest BCUT2D eigenvalue weighted by molar-refractivity contribution is 0.380. The molecule has 0 spiro atoms. The average molecular weight is 472 g/mol. The zero-order valence-electron chi connectivity index (χ0n) is 14.9. The topological polar surface area (TPSA) is 96.6 Å². The number of halogens is 1. The van der Waals surface area contributed by atoms with Crippen molar-refractivity contribution in [2.45, 2.75) is 46.6 Å². The number of sulfone groups is 1. The number of hydrogen-bond acceptors (Lipinski definition) is 5. The smallest absolute Gasteiger partial charge is 0.191 e. The molecule has 9 heteroatoms. The predicted octanol–water partition coefficient (Wildman–Crippen LogP) is 1.91. The maximum atomic E-state index is 11.1. The predicted molar refractivity (Wildman–Crippen MR) is 108 cm³/mol. The van der Waals surface area contributed by atoms with Gasteiger partial charge in [-0.3, -0.25) is 0 Å². The molecule has 0 fully saturated rings. The van der Waals surface area contributed by atoms with E-state index < -0.39 is 9.84 Å². The second kappa shape index (κ2) is 11.7. The van der Waals surface area contributed by atoms with E-state index >= 15 is 0 Å². The average Bonchev–Trinajstić information content (AvgIpc) is 2.89. The van der Waals surface area contributed by atoms with Crippen LogP contribution < -0.4 is 10.6 Å². The molecule has 1 heterocycles. The third kappa shape index (κ3) is 8.32. The highest BCUT2D eigenvalue weighted by molar-refractivity contribution is 14.0. The molecule has 24 heavy (non-hydrogen) atoms. The van der Waals surface area contributed by atoms with Crippen molar-refractivity contribution in [3.05, 3.63) is 17.0 Å². The molecule has 0 saturated carbocycles. The van der Waals surface area contributed by atoms with Gasteiger partial charge in [0.25, 0.3) is 0 Å². The van der Waals surface area contributed by atoms with Crippen molar-refractivity contribution >= 4 is 39.8 Å². The number of hydrogen-bond donors (Lipinski definition) is 2. The monoisotopic (exact) mass is 472 g/mol. The molecule has 0 unspecified atom stereocenters. The molecule has 0 aliphatic heterocycles. The van der Waals surface area contributed by atoms with Crippen LogP contribution in [0.3, 0.4) is 0 Å². The van der Waals surface area contributed by atoms with E-state index in [9.17, 15) is 8.42 Å². The summed E-state index contributed by atoms with van der Waals surface area (Å²) in [6, 6.07) is 0. The van der Waals surface area contributed by atoms with Crippen molar-refractivity contribution in [1.82, 2.24) is 15.8 Å². The highest BCUT2D eigenvalue weighted by Gasteiger charge is 2.13. The Balaban J connectivity index is 0.00000529. The van der Waals surface area contributed by atoms with Gasteiger partial charge in [-0.15, -0.1) is 24.0 Å². The molecular weight excluding hydrogens is 443 g/mol. The summed E-state index contributed by atoms with van der Waals surface area (Å²) in [6.45, 7) is 7.85. The van der Waals surface area contributed by atoms with Gasteiger partial charge in [0.15, 0.2) is 5.96 Å². The Morgan fingerprint density at radius 2 is 1.92 bits per heavy atom. The number of nitrogens with one attached hydrogen (secondary N) is 2. The Hall–Kier alpha value is -0.840. The van der Waals surface area contributed by atoms with Crippen LogP contribution in [0.15, 0.2) is 9.52 Å². The fourth-order valence-electron chi connectivity index (χ4n) is 2.16. The fraction of sp³-hybridized carbons (Fsp3) is 0.733. The summed E-state index contributed by atoms with van der Waals surface area (Å²) in [7, 11) is -2.92. The number of rotatable bonds is 9. The molecule has 2 N–H and O–H groups in total. The Morgan fingerprint density at radius 1 is 1.21 bits per heavy atom. The van der Waals surface area contributed by atoms with Crippen LogP contribution >= 0.6 is 24.0 Å². The summed E-state index contributed by atoms with van der Waals surface area (Å²) < 4.78 is 27.6. The number of nitrogens with zero attached hydrogens (tertiary/aromatic N) is 2. The lowest BCUT2D eigenvalue weighted by Crippen LogP contribution is -2.38. The highest BCUT2D eigenvalue weighted by atomic mass is 127. The summed E-state index contributed by atoms with van der Waals surface area (Å²) in [5, 5.41) is 10.4. The maximum absolute atomic E-state index is 11.1.